The number of benzene rings is 2. The lowest BCUT2D eigenvalue weighted by atomic mass is 10.2. The molecule has 1 aromatic heterocycles. The summed E-state index contributed by atoms with van der Waals surface area (Å²) in [6.45, 7) is 2.27. The van der Waals surface area contributed by atoms with Crippen LogP contribution in [0, 0.1) is 0 Å². The van der Waals surface area contributed by atoms with Gasteiger partial charge in [0.2, 0.25) is 0 Å². The van der Waals surface area contributed by atoms with Crippen molar-refractivity contribution in [1.29, 1.82) is 0 Å². The van der Waals surface area contributed by atoms with Gasteiger partial charge in [-0.25, -0.2) is 4.98 Å². The molecule has 166 valence electrons. The Morgan fingerprint density at radius 1 is 1.00 bits per heavy atom. The molecule has 0 N–H and O–H groups in total. The summed E-state index contributed by atoms with van der Waals surface area (Å²) in [5.41, 5.74) is 2.54. The van der Waals surface area contributed by atoms with E-state index < -0.39 is 5.97 Å². The molecule has 4 rings (SSSR count). The minimum atomic E-state index is -0.473. The molecule has 0 saturated carbocycles. The van der Waals surface area contributed by atoms with Crippen LogP contribution in [0.1, 0.15) is 5.69 Å². The van der Waals surface area contributed by atoms with Gasteiger partial charge in [0, 0.05) is 52.9 Å². The largest absolute Gasteiger partial charge is 0.455 e. The molecular weight excluding hydrogens is 469 g/mol. The molecule has 1 saturated heterocycles. The Balaban J connectivity index is 1.23. The number of carbonyl (C=O) groups is 2. The van der Waals surface area contributed by atoms with E-state index in [4.69, 9.17) is 27.9 Å². The molecule has 9 heteroatoms. The highest BCUT2D eigenvalue weighted by Crippen LogP contribution is 2.26. The van der Waals surface area contributed by atoms with Crippen LogP contribution in [-0.4, -0.2) is 54.5 Å². The van der Waals surface area contributed by atoms with E-state index in [0.717, 1.165) is 16.3 Å². The molecule has 0 atom stereocenters. The third kappa shape index (κ3) is 5.79. The number of nitrogens with zero attached hydrogens (tertiary/aromatic N) is 3. The number of esters is 1. The quantitative estimate of drug-likeness (QED) is 0.475. The lowest BCUT2D eigenvalue weighted by Crippen LogP contribution is -2.50. The molecule has 1 aliphatic heterocycles. The monoisotopic (exact) mass is 489 g/mol. The van der Waals surface area contributed by atoms with Gasteiger partial charge in [0.05, 0.1) is 12.1 Å². The standard InChI is InChI=1S/C23H21Cl2N3O3S/c24-17-4-1-3-16(11-17)23-26-19(15-32-23)13-22(30)31-14-21(29)28-9-7-27(8-10-28)20-6-2-5-18(25)12-20/h1-6,11-12,15H,7-10,13-14H2. The molecule has 32 heavy (non-hydrogen) atoms. The normalized spacial score (nSPS) is 13.8. The van der Waals surface area contributed by atoms with Crippen molar-refractivity contribution < 1.29 is 14.3 Å². The van der Waals surface area contributed by atoms with Gasteiger partial charge in [-0.15, -0.1) is 11.3 Å². The van der Waals surface area contributed by atoms with E-state index in [-0.39, 0.29) is 18.9 Å². The molecule has 0 unspecified atom stereocenters. The first kappa shape index (κ1) is 22.6. The number of halogens is 2. The number of ether oxygens (including phenoxy) is 1. The van der Waals surface area contributed by atoms with Crippen molar-refractivity contribution >= 4 is 52.1 Å². The van der Waals surface area contributed by atoms with Crippen LogP contribution in [0.25, 0.3) is 10.6 Å². The van der Waals surface area contributed by atoms with E-state index >= 15 is 0 Å². The van der Waals surface area contributed by atoms with Crippen molar-refractivity contribution in [2.75, 3.05) is 37.7 Å². The van der Waals surface area contributed by atoms with Gasteiger partial charge in [0.25, 0.3) is 5.91 Å². The summed E-state index contributed by atoms with van der Waals surface area (Å²) >= 11 is 13.5. The van der Waals surface area contributed by atoms with Gasteiger partial charge in [-0.1, -0.05) is 41.4 Å². The minimum Gasteiger partial charge on any atom is -0.455 e. The van der Waals surface area contributed by atoms with Gasteiger partial charge >= 0.3 is 5.97 Å². The number of rotatable bonds is 6. The molecule has 0 bridgehead atoms. The second kappa shape index (κ2) is 10.3. The molecule has 0 spiro atoms. The highest BCUT2D eigenvalue weighted by molar-refractivity contribution is 7.13. The molecular formula is C23H21Cl2N3O3S. The number of hydrogen-bond donors (Lipinski definition) is 0. The lowest BCUT2D eigenvalue weighted by Gasteiger charge is -2.36. The van der Waals surface area contributed by atoms with Crippen molar-refractivity contribution in [2.45, 2.75) is 6.42 Å². The fourth-order valence-electron chi connectivity index (χ4n) is 3.46. The molecule has 0 aliphatic carbocycles. The lowest BCUT2D eigenvalue weighted by molar-refractivity contribution is -0.151. The molecule has 3 aromatic rings. The number of hydrogen-bond acceptors (Lipinski definition) is 6. The van der Waals surface area contributed by atoms with Gasteiger partial charge < -0.3 is 14.5 Å². The van der Waals surface area contributed by atoms with E-state index in [2.05, 4.69) is 9.88 Å². The van der Waals surface area contributed by atoms with E-state index in [1.54, 1.807) is 11.0 Å². The second-order valence-corrected chi connectivity index (χ2v) is 9.07. The van der Waals surface area contributed by atoms with Gasteiger partial charge in [-0.2, -0.15) is 0 Å². The van der Waals surface area contributed by atoms with Crippen molar-refractivity contribution in [3.63, 3.8) is 0 Å². The zero-order valence-electron chi connectivity index (χ0n) is 17.2. The Labute approximate surface area is 200 Å². The highest BCUT2D eigenvalue weighted by atomic mass is 35.5. The number of aromatic nitrogens is 1. The summed E-state index contributed by atoms with van der Waals surface area (Å²) in [6.07, 6.45) is 0.0207. The third-order valence-electron chi connectivity index (χ3n) is 5.11. The number of piperazine rings is 1. The van der Waals surface area contributed by atoms with Crippen molar-refractivity contribution in [3.05, 3.63) is 69.7 Å². The Kier molecular flexibility index (Phi) is 7.29. The average molecular weight is 490 g/mol. The molecule has 1 fully saturated rings. The third-order valence-corrected chi connectivity index (χ3v) is 6.52. The Hall–Kier alpha value is -2.61. The van der Waals surface area contributed by atoms with Crippen LogP contribution in [0.4, 0.5) is 5.69 Å². The van der Waals surface area contributed by atoms with Gasteiger partial charge in [0.1, 0.15) is 5.01 Å². The summed E-state index contributed by atoms with van der Waals surface area (Å²) in [6, 6.07) is 15.1. The first-order chi connectivity index (χ1) is 15.5. The topological polar surface area (TPSA) is 62.7 Å². The number of amides is 1. The van der Waals surface area contributed by atoms with Crippen molar-refractivity contribution in [1.82, 2.24) is 9.88 Å². The predicted octanol–water partition coefficient (Wildman–Crippen LogP) is 4.55. The van der Waals surface area contributed by atoms with E-state index in [1.165, 1.54) is 11.3 Å². The molecule has 0 radical (unpaired) electrons. The molecule has 6 nitrogen and oxygen atoms in total. The SMILES string of the molecule is O=C(Cc1csc(-c2cccc(Cl)c2)n1)OCC(=O)N1CCN(c2cccc(Cl)c2)CC1. The highest BCUT2D eigenvalue weighted by Gasteiger charge is 2.22. The summed E-state index contributed by atoms with van der Waals surface area (Å²) in [5.74, 6) is -0.666. The number of carbonyl (C=O) groups excluding carboxylic acids is 2. The molecule has 2 aromatic carbocycles. The minimum absolute atomic E-state index is 0.0207. The van der Waals surface area contributed by atoms with Crippen LogP contribution in [0.5, 0.6) is 0 Å². The van der Waals surface area contributed by atoms with Gasteiger partial charge in [0.15, 0.2) is 6.61 Å². The molecule has 2 heterocycles. The average Bonchev–Trinajstić information content (AvgIpc) is 3.26. The number of anilines is 1. The van der Waals surface area contributed by atoms with Crippen LogP contribution in [0.15, 0.2) is 53.9 Å². The van der Waals surface area contributed by atoms with Crippen LogP contribution < -0.4 is 4.90 Å². The Bertz CT molecular complexity index is 1110. The Morgan fingerprint density at radius 3 is 2.44 bits per heavy atom. The summed E-state index contributed by atoms with van der Waals surface area (Å²) in [4.78, 5) is 33.0. The Morgan fingerprint density at radius 2 is 1.72 bits per heavy atom. The molecule has 1 amide bonds. The van der Waals surface area contributed by atoms with Gasteiger partial charge in [-0.3, -0.25) is 9.59 Å². The molecule has 1 aliphatic rings. The predicted molar refractivity (Wildman–Crippen MR) is 127 cm³/mol. The first-order valence-electron chi connectivity index (χ1n) is 10.1. The second-order valence-electron chi connectivity index (χ2n) is 7.34. The summed E-state index contributed by atoms with van der Waals surface area (Å²) in [7, 11) is 0. The van der Waals surface area contributed by atoms with E-state index in [0.29, 0.717) is 41.9 Å². The van der Waals surface area contributed by atoms with E-state index in [1.807, 2.05) is 47.8 Å². The number of thiazole rings is 1. The maximum Gasteiger partial charge on any atom is 0.312 e. The van der Waals surface area contributed by atoms with Gasteiger partial charge in [-0.05, 0) is 30.3 Å². The zero-order valence-corrected chi connectivity index (χ0v) is 19.5. The first-order valence-corrected chi connectivity index (χ1v) is 11.8. The van der Waals surface area contributed by atoms with Crippen molar-refractivity contribution in [3.8, 4) is 10.6 Å². The van der Waals surface area contributed by atoms with Crippen LogP contribution >= 0.6 is 34.5 Å². The van der Waals surface area contributed by atoms with E-state index in [9.17, 15) is 9.59 Å². The van der Waals surface area contributed by atoms with Crippen LogP contribution in [0.3, 0.4) is 0 Å². The van der Waals surface area contributed by atoms with Crippen molar-refractivity contribution in [2.24, 2.45) is 0 Å². The maximum absolute atomic E-state index is 12.5. The van der Waals surface area contributed by atoms with Crippen LogP contribution in [0.2, 0.25) is 10.0 Å². The summed E-state index contributed by atoms with van der Waals surface area (Å²) in [5, 5.41) is 3.91. The zero-order chi connectivity index (χ0) is 22.5. The fraction of sp³-hybridized carbons (Fsp3) is 0.261. The van der Waals surface area contributed by atoms with Crippen LogP contribution in [-0.2, 0) is 20.7 Å². The summed E-state index contributed by atoms with van der Waals surface area (Å²) < 4.78 is 5.20. The smallest absolute Gasteiger partial charge is 0.312 e. The maximum atomic E-state index is 12.5. The fourth-order valence-corrected chi connectivity index (χ4v) is 4.65.